The molecule has 0 spiro atoms. The molecule has 2 N–H and O–H groups in total. The van der Waals surface area contributed by atoms with Crippen LogP contribution in [-0.2, 0) is 4.43 Å². The smallest absolute Gasteiger partial charge is 0.192 e. The van der Waals surface area contributed by atoms with Gasteiger partial charge in [-0.1, -0.05) is 41.5 Å². The summed E-state index contributed by atoms with van der Waals surface area (Å²) < 4.78 is 6.89. The topological polar surface area (TPSA) is 49.7 Å². The maximum atomic E-state index is 10.9. The first-order chi connectivity index (χ1) is 11.1. The Morgan fingerprint density at radius 3 is 2.08 bits per heavy atom. The van der Waals surface area contributed by atoms with E-state index < -0.39 is 13.9 Å². The number of aliphatic hydroxyl groups excluding tert-OH is 1. The minimum Gasteiger partial charge on any atom is -0.413 e. The SMILES string of the molecule is CC1(C)[C@@H](O[Si](C)(C)C(C)(C)C)CC[C@]2(C)[C@@H](CO)[C@](C)(O)CC[C@@H]12. The van der Waals surface area contributed by atoms with Crippen LogP contribution < -0.4 is 0 Å². The first-order valence-corrected chi connectivity index (χ1v) is 13.0. The average molecular weight is 371 g/mol. The van der Waals surface area contributed by atoms with Crippen molar-refractivity contribution in [3.8, 4) is 0 Å². The maximum Gasteiger partial charge on any atom is 0.192 e. The number of fused-ring (bicyclic) bond motifs is 1. The summed E-state index contributed by atoms with van der Waals surface area (Å²) in [5, 5.41) is 21.2. The van der Waals surface area contributed by atoms with Gasteiger partial charge < -0.3 is 14.6 Å². The van der Waals surface area contributed by atoms with Crippen LogP contribution in [0.1, 0.15) is 74.1 Å². The van der Waals surface area contributed by atoms with Gasteiger partial charge in [-0.25, -0.2) is 0 Å². The minimum absolute atomic E-state index is 0.0205. The van der Waals surface area contributed by atoms with Crippen molar-refractivity contribution in [1.82, 2.24) is 0 Å². The molecular formula is C21H42O3Si. The summed E-state index contributed by atoms with van der Waals surface area (Å²) in [6, 6.07) is 0. The first kappa shape index (κ1) is 21.4. The van der Waals surface area contributed by atoms with Gasteiger partial charge >= 0.3 is 0 Å². The van der Waals surface area contributed by atoms with Gasteiger partial charge in [0.1, 0.15) is 0 Å². The van der Waals surface area contributed by atoms with Crippen molar-refractivity contribution >= 4 is 8.32 Å². The van der Waals surface area contributed by atoms with Crippen LogP contribution in [0.4, 0.5) is 0 Å². The lowest BCUT2D eigenvalue weighted by molar-refractivity contribution is -0.200. The summed E-state index contributed by atoms with van der Waals surface area (Å²) in [6.45, 7) is 20.6. The number of hydrogen-bond donors (Lipinski definition) is 2. The fourth-order valence-electron chi connectivity index (χ4n) is 5.65. The van der Waals surface area contributed by atoms with Crippen LogP contribution in [-0.4, -0.2) is 36.8 Å². The van der Waals surface area contributed by atoms with E-state index in [0.717, 1.165) is 25.7 Å². The monoisotopic (exact) mass is 370 g/mol. The van der Waals surface area contributed by atoms with E-state index in [9.17, 15) is 10.2 Å². The summed E-state index contributed by atoms with van der Waals surface area (Å²) in [6.07, 6.45) is 4.12. The van der Waals surface area contributed by atoms with Crippen LogP contribution >= 0.6 is 0 Å². The van der Waals surface area contributed by atoms with E-state index in [2.05, 4.69) is 54.6 Å². The summed E-state index contributed by atoms with van der Waals surface area (Å²) in [5.41, 5.74) is -0.719. The van der Waals surface area contributed by atoms with Crippen molar-refractivity contribution in [3.63, 3.8) is 0 Å². The molecule has 0 radical (unpaired) electrons. The fraction of sp³-hybridized carbons (Fsp3) is 1.00. The molecule has 0 saturated heterocycles. The molecule has 0 aromatic heterocycles. The Morgan fingerprint density at radius 2 is 1.60 bits per heavy atom. The van der Waals surface area contributed by atoms with Crippen LogP contribution in [0, 0.1) is 22.7 Å². The highest BCUT2D eigenvalue weighted by Crippen LogP contribution is 2.62. The molecular weight excluding hydrogens is 328 g/mol. The largest absolute Gasteiger partial charge is 0.413 e. The number of hydrogen-bond acceptors (Lipinski definition) is 3. The molecule has 5 atom stereocenters. The van der Waals surface area contributed by atoms with Crippen molar-refractivity contribution in [3.05, 3.63) is 0 Å². The van der Waals surface area contributed by atoms with Gasteiger partial charge in [0, 0.05) is 12.5 Å². The number of rotatable bonds is 3. The molecule has 3 nitrogen and oxygen atoms in total. The van der Waals surface area contributed by atoms with Gasteiger partial charge in [-0.3, -0.25) is 0 Å². The van der Waals surface area contributed by atoms with Gasteiger partial charge in [-0.15, -0.1) is 0 Å². The minimum atomic E-state index is -1.81. The molecule has 2 saturated carbocycles. The molecule has 2 fully saturated rings. The van der Waals surface area contributed by atoms with Crippen LogP contribution in [0.2, 0.25) is 18.1 Å². The third-order valence-electron chi connectivity index (χ3n) is 8.38. The Hall–Kier alpha value is 0.0969. The summed E-state index contributed by atoms with van der Waals surface area (Å²) in [7, 11) is -1.81. The second-order valence-electron chi connectivity index (χ2n) is 11.4. The van der Waals surface area contributed by atoms with E-state index in [1.54, 1.807) is 0 Å². The van der Waals surface area contributed by atoms with Gasteiger partial charge in [0.25, 0.3) is 0 Å². The van der Waals surface area contributed by atoms with Crippen molar-refractivity contribution in [2.75, 3.05) is 6.61 Å². The highest BCUT2D eigenvalue weighted by atomic mass is 28.4. The summed E-state index contributed by atoms with van der Waals surface area (Å²) in [4.78, 5) is 0. The second kappa shape index (κ2) is 6.32. The first-order valence-electron chi connectivity index (χ1n) is 10.1. The Labute approximate surface area is 156 Å². The Morgan fingerprint density at radius 1 is 1.04 bits per heavy atom. The molecule has 0 aromatic rings. The molecule has 0 heterocycles. The van der Waals surface area contributed by atoms with E-state index in [1.807, 2.05) is 6.92 Å². The van der Waals surface area contributed by atoms with Gasteiger partial charge in [-0.2, -0.15) is 0 Å². The third-order valence-corrected chi connectivity index (χ3v) is 12.9. The number of aliphatic hydroxyl groups is 2. The average Bonchev–Trinajstić information content (AvgIpc) is 2.40. The lowest BCUT2D eigenvalue weighted by Gasteiger charge is -2.63. The molecule has 2 rings (SSSR count). The van der Waals surface area contributed by atoms with E-state index >= 15 is 0 Å². The van der Waals surface area contributed by atoms with Crippen LogP contribution in [0.25, 0.3) is 0 Å². The third kappa shape index (κ3) is 3.49. The molecule has 0 aliphatic heterocycles. The van der Waals surface area contributed by atoms with E-state index in [4.69, 9.17) is 4.43 Å². The zero-order valence-electron chi connectivity index (χ0n) is 18.1. The zero-order chi connectivity index (χ0) is 19.5. The van der Waals surface area contributed by atoms with Gasteiger partial charge in [0.15, 0.2) is 8.32 Å². The lowest BCUT2D eigenvalue weighted by atomic mass is 9.45. The summed E-state index contributed by atoms with van der Waals surface area (Å²) >= 11 is 0. The van der Waals surface area contributed by atoms with Gasteiger partial charge in [0.05, 0.1) is 11.7 Å². The normalized spacial score (nSPS) is 42.1. The second-order valence-corrected chi connectivity index (χ2v) is 16.2. The quantitative estimate of drug-likeness (QED) is 0.689. The molecule has 0 bridgehead atoms. The van der Waals surface area contributed by atoms with E-state index in [-0.39, 0.29) is 34.5 Å². The molecule has 4 heteroatoms. The zero-order valence-corrected chi connectivity index (χ0v) is 19.1. The van der Waals surface area contributed by atoms with Crippen molar-refractivity contribution < 1.29 is 14.6 Å². The molecule has 0 aromatic carbocycles. The van der Waals surface area contributed by atoms with Crippen molar-refractivity contribution in [2.45, 2.75) is 104 Å². The van der Waals surface area contributed by atoms with Crippen molar-refractivity contribution in [1.29, 1.82) is 0 Å². The molecule has 0 unspecified atom stereocenters. The summed E-state index contributed by atoms with van der Waals surface area (Å²) in [5.74, 6) is 0.424. The van der Waals surface area contributed by atoms with Crippen LogP contribution in [0.3, 0.4) is 0 Å². The lowest BCUT2D eigenvalue weighted by Crippen LogP contribution is -2.63. The Bertz CT molecular complexity index is 492. The molecule has 0 amide bonds. The maximum absolute atomic E-state index is 10.9. The Balaban J connectivity index is 2.31. The molecule has 148 valence electrons. The predicted molar refractivity (Wildman–Crippen MR) is 107 cm³/mol. The van der Waals surface area contributed by atoms with E-state index in [1.165, 1.54) is 0 Å². The Kier molecular flexibility index (Phi) is 5.41. The predicted octanol–water partition coefficient (Wildman–Crippen LogP) is 4.97. The molecule has 25 heavy (non-hydrogen) atoms. The van der Waals surface area contributed by atoms with Crippen LogP contribution in [0.5, 0.6) is 0 Å². The standard InChI is InChI=1S/C21H42O3Si/c1-18(2,3)25(8,9)24-17-11-12-20(6)15(19(17,4)5)10-13-21(7,23)16(20)14-22/h15-17,22-23H,10-14H2,1-9H3/t15-,16+,17-,20-,21+/m0/s1. The van der Waals surface area contributed by atoms with Gasteiger partial charge in [0.2, 0.25) is 0 Å². The molecule has 2 aliphatic carbocycles. The van der Waals surface area contributed by atoms with E-state index in [0.29, 0.717) is 5.92 Å². The van der Waals surface area contributed by atoms with Gasteiger partial charge in [-0.05, 0) is 67.5 Å². The molecule has 2 aliphatic rings. The fourth-order valence-corrected chi connectivity index (χ4v) is 7.14. The highest BCUT2D eigenvalue weighted by Gasteiger charge is 2.61. The highest BCUT2D eigenvalue weighted by molar-refractivity contribution is 6.74. The van der Waals surface area contributed by atoms with Crippen molar-refractivity contribution in [2.24, 2.45) is 22.7 Å². The van der Waals surface area contributed by atoms with Crippen LogP contribution in [0.15, 0.2) is 0 Å².